The number of ether oxygens (including phenoxy) is 1. The minimum atomic E-state index is -1.71. The third kappa shape index (κ3) is 4.04. The van der Waals surface area contributed by atoms with Crippen LogP contribution in [-0.4, -0.2) is 34.9 Å². The number of ketones is 2. The lowest BCUT2D eigenvalue weighted by Gasteiger charge is -2.28. The number of carbonyl (C=O) groups excluding carboxylic acids is 3. The first kappa shape index (κ1) is 20.3. The van der Waals surface area contributed by atoms with Gasteiger partial charge in [0.05, 0.1) is 12.2 Å². The van der Waals surface area contributed by atoms with E-state index in [0.29, 0.717) is 11.1 Å². The zero-order chi connectivity index (χ0) is 20.0. The molecule has 0 aliphatic carbocycles. The molecule has 0 saturated carbocycles. The van der Waals surface area contributed by atoms with E-state index in [-0.39, 0.29) is 23.3 Å². The molecule has 0 amide bonds. The van der Waals surface area contributed by atoms with Crippen molar-refractivity contribution in [3.05, 3.63) is 83.4 Å². The Balaban J connectivity index is 2.49. The van der Waals surface area contributed by atoms with Crippen molar-refractivity contribution < 1.29 is 24.2 Å². The van der Waals surface area contributed by atoms with Gasteiger partial charge in [0.2, 0.25) is 5.78 Å². The molecule has 5 nitrogen and oxygen atoms in total. The SMILES string of the molecule is C=CC(=O)C(CC)(CO)OC(=O)c1cccc(C)c1C(=O)c1ccccc1. The molecular formula is C22H22O5. The molecule has 0 radical (unpaired) electrons. The Labute approximate surface area is 158 Å². The number of aryl methyl sites for hydroxylation is 1. The standard InChI is InChI=1S/C22H22O5/c1-4-18(24)22(5-2,14-23)27-21(26)17-13-9-10-15(3)19(17)20(25)16-11-7-6-8-12-16/h4,6-13,23H,1,5,14H2,2-3H3. The van der Waals surface area contributed by atoms with Crippen molar-refractivity contribution in [2.24, 2.45) is 0 Å². The van der Waals surface area contributed by atoms with Gasteiger partial charge in [-0.1, -0.05) is 56.0 Å². The fourth-order valence-electron chi connectivity index (χ4n) is 2.81. The highest BCUT2D eigenvalue weighted by Crippen LogP contribution is 2.24. The van der Waals surface area contributed by atoms with Crippen molar-refractivity contribution in [1.82, 2.24) is 0 Å². The van der Waals surface area contributed by atoms with Gasteiger partial charge in [-0.2, -0.15) is 0 Å². The zero-order valence-corrected chi connectivity index (χ0v) is 15.4. The molecule has 0 aliphatic heterocycles. The lowest BCUT2D eigenvalue weighted by Crippen LogP contribution is -2.45. The molecule has 0 aromatic heterocycles. The van der Waals surface area contributed by atoms with Crippen LogP contribution in [0.5, 0.6) is 0 Å². The summed E-state index contributed by atoms with van der Waals surface area (Å²) in [4.78, 5) is 37.9. The van der Waals surface area contributed by atoms with Crippen molar-refractivity contribution in [3.63, 3.8) is 0 Å². The van der Waals surface area contributed by atoms with Gasteiger partial charge in [-0.05, 0) is 31.1 Å². The molecule has 5 heteroatoms. The average molecular weight is 366 g/mol. The van der Waals surface area contributed by atoms with E-state index in [4.69, 9.17) is 4.74 Å². The van der Waals surface area contributed by atoms with Crippen LogP contribution in [0.15, 0.2) is 61.2 Å². The second-order valence-corrected chi connectivity index (χ2v) is 6.16. The van der Waals surface area contributed by atoms with Gasteiger partial charge < -0.3 is 9.84 Å². The number of esters is 1. The highest BCUT2D eigenvalue weighted by molar-refractivity contribution is 6.15. The molecule has 1 unspecified atom stereocenters. The Hall–Kier alpha value is -3.05. The number of aliphatic hydroxyl groups is 1. The van der Waals surface area contributed by atoms with E-state index < -0.39 is 24.0 Å². The van der Waals surface area contributed by atoms with Crippen molar-refractivity contribution in [3.8, 4) is 0 Å². The number of aliphatic hydroxyl groups excluding tert-OH is 1. The first-order valence-electron chi connectivity index (χ1n) is 8.60. The summed E-state index contributed by atoms with van der Waals surface area (Å²) in [7, 11) is 0. The lowest BCUT2D eigenvalue weighted by molar-refractivity contribution is -0.138. The van der Waals surface area contributed by atoms with Gasteiger partial charge in [-0.25, -0.2) is 4.79 Å². The van der Waals surface area contributed by atoms with Gasteiger partial charge >= 0.3 is 5.97 Å². The predicted octanol–water partition coefficient (Wildman–Crippen LogP) is 3.28. The van der Waals surface area contributed by atoms with Crippen molar-refractivity contribution in [1.29, 1.82) is 0 Å². The summed E-state index contributed by atoms with van der Waals surface area (Å²) < 4.78 is 5.39. The Morgan fingerprint density at radius 2 is 1.78 bits per heavy atom. The summed E-state index contributed by atoms with van der Waals surface area (Å²) in [6, 6.07) is 13.4. The summed E-state index contributed by atoms with van der Waals surface area (Å²) in [5.74, 6) is -1.75. The smallest absolute Gasteiger partial charge is 0.339 e. The lowest BCUT2D eigenvalue weighted by atomic mass is 9.93. The van der Waals surface area contributed by atoms with E-state index in [1.54, 1.807) is 56.3 Å². The van der Waals surface area contributed by atoms with E-state index in [0.717, 1.165) is 6.08 Å². The van der Waals surface area contributed by atoms with Crippen LogP contribution in [0.2, 0.25) is 0 Å². The molecule has 1 N–H and O–H groups in total. The Bertz CT molecular complexity index is 864. The molecule has 0 aliphatic rings. The van der Waals surface area contributed by atoms with Gasteiger partial charge in [0.15, 0.2) is 11.4 Å². The quantitative estimate of drug-likeness (QED) is 0.440. The van der Waals surface area contributed by atoms with E-state index >= 15 is 0 Å². The molecule has 0 bridgehead atoms. The van der Waals surface area contributed by atoms with Crippen molar-refractivity contribution >= 4 is 17.5 Å². The second-order valence-electron chi connectivity index (χ2n) is 6.16. The topological polar surface area (TPSA) is 80.7 Å². The Morgan fingerprint density at radius 1 is 1.11 bits per heavy atom. The average Bonchev–Trinajstić information content (AvgIpc) is 2.71. The fourth-order valence-corrected chi connectivity index (χ4v) is 2.81. The van der Waals surface area contributed by atoms with E-state index in [2.05, 4.69) is 6.58 Å². The summed E-state index contributed by atoms with van der Waals surface area (Å²) in [6.45, 7) is 6.07. The van der Waals surface area contributed by atoms with Crippen LogP contribution in [0.4, 0.5) is 0 Å². The van der Waals surface area contributed by atoms with E-state index in [1.165, 1.54) is 6.07 Å². The molecule has 2 rings (SSSR count). The van der Waals surface area contributed by atoms with Gasteiger partial charge in [0.25, 0.3) is 0 Å². The fraction of sp³-hybridized carbons (Fsp3) is 0.227. The second kappa shape index (κ2) is 8.56. The normalized spacial score (nSPS) is 12.7. The molecular weight excluding hydrogens is 344 g/mol. The third-order valence-electron chi connectivity index (χ3n) is 4.50. The van der Waals surface area contributed by atoms with Gasteiger partial charge in [-0.15, -0.1) is 0 Å². The van der Waals surface area contributed by atoms with E-state index in [1.807, 2.05) is 0 Å². The summed E-state index contributed by atoms with van der Waals surface area (Å²) in [5, 5.41) is 9.67. The van der Waals surface area contributed by atoms with Crippen molar-refractivity contribution in [2.75, 3.05) is 6.61 Å². The highest BCUT2D eigenvalue weighted by Gasteiger charge is 2.39. The third-order valence-corrected chi connectivity index (χ3v) is 4.50. The molecule has 0 spiro atoms. The maximum Gasteiger partial charge on any atom is 0.339 e. The molecule has 2 aromatic carbocycles. The minimum Gasteiger partial charge on any atom is -0.445 e. The summed E-state index contributed by atoms with van der Waals surface area (Å²) in [5.41, 5.74) is -0.406. The van der Waals surface area contributed by atoms with Crippen LogP contribution < -0.4 is 0 Å². The highest BCUT2D eigenvalue weighted by atomic mass is 16.6. The maximum absolute atomic E-state index is 12.9. The van der Waals surface area contributed by atoms with Crippen LogP contribution in [0.3, 0.4) is 0 Å². The largest absolute Gasteiger partial charge is 0.445 e. The molecule has 2 aromatic rings. The molecule has 27 heavy (non-hydrogen) atoms. The van der Waals surface area contributed by atoms with Gasteiger partial charge in [-0.3, -0.25) is 9.59 Å². The molecule has 140 valence electrons. The molecule has 0 fully saturated rings. The zero-order valence-electron chi connectivity index (χ0n) is 15.4. The first-order chi connectivity index (χ1) is 12.9. The maximum atomic E-state index is 12.9. The first-order valence-corrected chi connectivity index (χ1v) is 8.60. The van der Waals surface area contributed by atoms with E-state index in [9.17, 15) is 19.5 Å². The van der Waals surface area contributed by atoms with Crippen LogP contribution >= 0.6 is 0 Å². The minimum absolute atomic E-state index is 0.0481. The molecule has 0 heterocycles. The molecule has 1 atom stereocenters. The molecule has 0 saturated heterocycles. The van der Waals surface area contributed by atoms with Crippen LogP contribution in [0, 0.1) is 6.92 Å². The van der Waals surface area contributed by atoms with Crippen LogP contribution in [0.1, 0.15) is 45.2 Å². The number of carbonyl (C=O) groups is 3. The monoisotopic (exact) mass is 366 g/mol. The number of benzene rings is 2. The Morgan fingerprint density at radius 3 is 2.33 bits per heavy atom. The van der Waals surface area contributed by atoms with Crippen molar-refractivity contribution in [2.45, 2.75) is 25.9 Å². The van der Waals surface area contributed by atoms with Gasteiger partial charge in [0, 0.05) is 11.1 Å². The summed E-state index contributed by atoms with van der Waals surface area (Å²) >= 11 is 0. The summed E-state index contributed by atoms with van der Waals surface area (Å²) in [6.07, 6.45) is 1.09. The number of hydrogen-bond acceptors (Lipinski definition) is 5. The Kier molecular flexibility index (Phi) is 6.42. The van der Waals surface area contributed by atoms with Crippen LogP contribution in [-0.2, 0) is 9.53 Å². The van der Waals surface area contributed by atoms with Gasteiger partial charge in [0.1, 0.15) is 0 Å². The number of rotatable bonds is 8. The number of hydrogen-bond donors (Lipinski definition) is 1. The van der Waals surface area contributed by atoms with Crippen LogP contribution in [0.25, 0.3) is 0 Å². The predicted molar refractivity (Wildman–Crippen MR) is 102 cm³/mol.